The van der Waals surface area contributed by atoms with Crippen molar-refractivity contribution in [1.29, 1.82) is 0 Å². The molecule has 2 N–H and O–H groups in total. The fourth-order valence-corrected chi connectivity index (χ4v) is 4.67. The normalized spacial score (nSPS) is 16.0. The molecular weight excluding hydrogens is 447 g/mol. The van der Waals surface area contributed by atoms with E-state index in [1.165, 1.54) is 0 Å². The molecule has 1 saturated heterocycles. The van der Waals surface area contributed by atoms with Gasteiger partial charge in [-0.1, -0.05) is 0 Å². The maximum Gasteiger partial charge on any atom is 0.266 e. The van der Waals surface area contributed by atoms with Crippen molar-refractivity contribution in [2.75, 3.05) is 18.4 Å². The van der Waals surface area contributed by atoms with E-state index < -0.39 is 62.1 Å². The van der Waals surface area contributed by atoms with Crippen molar-refractivity contribution in [2.45, 2.75) is 30.3 Å². The predicted octanol–water partition coefficient (Wildman–Crippen LogP) is 3.44. The Bertz CT molecular complexity index is 1100. The van der Waals surface area contributed by atoms with Gasteiger partial charge in [-0.3, -0.25) is 4.79 Å². The van der Waals surface area contributed by atoms with Crippen LogP contribution in [0.1, 0.15) is 35.2 Å². The van der Waals surface area contributed by atoms with Crippen LogP contribution in [0.4, 0.5) is 27.6 Å². The van der Waals surface area contributed by atoms with Crippen molar-refractivity contribution in [1.82, 2.24) is 4.31 Å². The number of hydrogen-bond donors (Lipinski definition) is 2. The summed E-state index contributed by atoms with van der Waals surface area (Å²) >= 11 is 0. The molecule has 168 valence electrons. The van der Waals surface area contributed by atoms with Gasteiger partial charge >= 0.3 is 0 Å². The first kappa shape index (κ1) is 23.1. The number of rotatable bonds is 5. The number of benzene rings is 2. The van der Waals surface area contributed by atoms with Gasteiger partial charge < -0.3 is 10.4 Å². The van der Waals surface area contributed by atoms with Crippen LogP contribution in [0.15, 0.2) is 35.2 Å². The third kappa shape index (κ3) is 4.86. The summed E-state index contributed by atoms with van der Waals surface area (Å²) in [6.45, 7) is -0.0742. The minimum absolute atomic E-state index is 0.0371. The lowest BCUT2D eigenvalue weighted by molar-refractivity contribution is 0.102. The summed E-state index contributed by atoms with van der Waals surface area (Å²) in [4.78, 5) is 11.6. The van der Waals surface area contributed by atoms with Gasteiger partial charge in [-0.05, 0) is 37.1 Å². The standard InChI is InChI=1S/C19H17F5N2O4S/c20-14-2-1-10(7-16(14)31(29,30)26-5-3-12(27)4-6-26)19(28)25-11-8-13(18(23)24)17(22)15(21)9-11/h1-2,7-9,12,18,27H,3-6H2,(H,25,28). The molecule has 0 unspecified atom stereocenters. The molecule has 0 spiro atoms. The van der Waals surface area contributed by atoms with Gasteiger partial charge in [0, 0.05) is 30.4 Å². The molecule has 3 rings (SSSR count). The van der Waals surface area contributed by atoms with Gasteiger partial charge in [0.1, 0.15) is 10.7 Å². The smallest absolute Gasteiger partial charge is 0.266 e. The molecule has 1 amide bonds. The zero-order valence-corrected chi connectivity index (χ0v) is 16.6. The van der Waals surface area contributed by atoms with Gasteiger partial charge in [-0.25, -0.2) is 30.4 Å². The van der Waals surface area contributed by atoms with E-state index in [1.807, 2.05) is 0 Å². The molecule has 0 radical (unpaired) electrons. The van der Waals surface area contributed by atoms with Crippen molar-refractivity contribution in [2.24, 2.45) is 0 Å². The molecule has 6 nitrogen and oxygen atoms in total. The van der Waals surface area contributed by atoms with Gasteiger partial charge in [0.05, 0.1) is 11.7 Å². The van der Waals surface area contributed by atoms with E-state index >= 15 is 0 Å². The minimum atomic E-state index is -4.32. The zero-order chi connectivity index (χ0) is 22.9. The number of amides is 1. The lowest BCUT2D eigenvalue weighted by atomic mass is 10.1. The third-order valence-corrected chi connectivity index (χ3v) is 6.70. The molecule has 12 heteroatoms. The Hall–Kier alpha value is -2.57. The highest BCUT2D eigenvalue weighted by Crippen LogP contribution is 2.28. The number of carbonyl (C=O) groups excluding carboxylic acids is 1. The minimum Gasteiger partial charge on any atom is -0.393 e. The fraction of sp³-hybridized carbons (Fsp3) is 0.316. The summed E-state index contributed by atoms with van der Waals surface area (Å²) in [6.07, 6.45) is -3.66. The molecule has 2 aromatic rings. The number of nitrogens with one attached hydrogen (secondary N) is 1. The second-order valence-corrected chi connectivity index (χ2v) is 8.80. The summed E-state index contributed by atoms with van der Waals surface area (Å²) in [5.74, 6) is -5.52. The van der Waals surface area contributed by atoms with E-state index in [-0.39, 0.29) is 31.5 Å². The number of aliphatic hydroxyl groups is 1. The van der Waals surface area contributed by atoms with Crippen molar-refractivity contribution in [3.05, 3.63) is 58.9 Å². The highest BCUT2D eigenvalue weighted by molar-refractivity contribution is 7.89. The first-order chi connectivity index (χ1) is 14.5. The summed E-state index contributed by atoms with van der Waals surface area (Å²) in [7, 11) is -4.32. The molecule has 1 heterocycles. The molecular formula is C19H17F5N2O4S. The van der Waals surface area contributed by atoms with E-state index in [0.717, 1.165) is 22.5 Å². The van der Waals surface area contributed by atoms with Crippen LogP contribution in [0.3, 0.4) is 0 Å². The van der Waals surface area contributed by atoms with Gasteiger partial charge in [0.15, 0.2) is 11.6 Å². The van der Waals surface area contributed by atoms with E-state index in [2.05, 4.69) is 5.32 Å². The Labute approximate surface area is 174 Å². The van der Waals surface area contributed by atoms with E-state index in [4.69, 9.17) is 0 Å². The summed E-state index contributed by atoms with van der Waals surface area (Å²) in [5, 5.41) is 11.6. The van der Waals surface area contributed by atoms with Gasteiger partial charge in [-0.2, -0.15) is 4.31 Å². The van der Waals surface area contributed by atoms with Crippen LogP contribution in [0.5, 0.6) is 0 Å². The number of alkyl halides is 2. The van der Waals surface area contributed by atoms with Gasteiger partial charge in [0.2, 0.25) is 10.0 Å². The average molecular weight is 464 g/mol. The first-order valence-electron chi connectivity index (χ1n) is 9.07. The van der Waals surface area contributed by atoms with Crippen LogP contribution in [0.25, 0.3) is 0 Å². The predicted molar refractivity (Wildman–Crippen MR) is 99.7 cm³/mol. The van der Waals surface area contributed by atoms with E-state index in [1.54, 1.807) is 0 Å². The molecule has 0 saturated carbocycles. The number of carbonyl (C=O) groups is 1. The Kier molecular flexibility index (Phi) is 6.62. The lowest BCUT2D eigenvalue weighted by Crippen LogP contribution is -2.40. The second-order valence-electron chi connectivity index (χ2n) is 6.90. The quantitative estimate of drug-likeness (QED) is 0.664. The number of halogens is 5. The number of piperidine rings is 1. The van der Waals surface area contributed by atoms with Crippen LogP contribution in [-0.2, 0) is 10.0 Å². The number of nitrogens with zero attached hydrogens (tertiary/aromatic N) is 1. The molecule has 1 aliphatic rings. The van der Waals surface area contributed by atoms with Crippen LogP contribution in [0, 0.1) is 17.5 Å². The number of sulfonamides is 1. The summed E-state index contributed by atoms with van der Waals surface area (Å²) in [5.41, 5.74) is -2.09. The first-order valence-corrected chi connectivity index (χ1v) is 10.5. The molecule has 1 fully saturated rings. The Morgan fingerprint density at radius 1 is 1.06 bits per heavy atom. The Morgan fingerprint density at radius 3 is 2.32 bits per heavy atom. The van der Waals surface area contributed by atoms with Gasteiger partial charge in [0.25, 0.3) is 12.3 Å². The SMILES string of the molecule is O=C(Nc1cc(F)c(F)c(C(F)F)c1)c1ccc(F)c(S(=O)(=O)N2CCC(O)CC2)c1. The topological polar surface area (TPSA) is 86.7 Å². The van der Waals surface area contributed by atoms with Crippen molar-refractivity contribution >= 4 is 21.6 Å². The third-order valence-electron chi connectivity index (χ3n) is 4.78. The van der Waals surface area contributed by atoms with Crippen molar-refractivity contribution in [3.63, 3.8) is 0 Å². The van der Waals surface area contributed by atoms with Crippen molar-refractivity contribution in [3.8, 4) is 0 Å². The molecule has 1 aliphatic heterocycles. The maximum absolute atomic E-state index is 14.3. The monoisotopic (exact) mass is 464 g/mol. The van der Waals surface area contributed by atoms with Crippen LogP contribution < -0.4 is 5.32 Å². The highest BCUT2D eigenvalue weighted by Gasteiger charge is 2.31. The van der Waals surface area contributed by atoms with Crippen LogP contribution in [0.2, 0.25) is 0 Å². The zero-order valence-electron chi connectivity index (χ0n) is 15.8. The molecule has 0 bridgehead atoms. The van der Waals surface area contributed by atoms with Gasteiger partial charge in [-0.15, -0.1) is 0 Å². The highest BCUT2D eigenvalue weighted by atomic mass is 32.2. The van der Waals surface area contributed by atoms with Crippen LogP contribution in [-0.4, -0.2) is 42.9 Å². The molecule has 0 aliphatic carbocycles. The van der Waals surface area contributed by atoms with Crippen LogP contribution >= 0.6 is 0 Å². The number of hydrogen-bond acceptors (Lipinski definition) is 4. The molecule has 0 aromatic heterocycles. The fourth-order valence-electron chi connectivity index (χ4n) is 3.11. The molecule has 31 heavy (non-hydrogen) atoms. The summed E-state index contributed by atoms with van der Waals surface area (Å²) in [6, 6.07) is 3.49. The summed E-state index contributed by atoms with van der Waals surface area (Å²) < 4.78 is 93.4. The van der Waals surface area contributed by atoms with E-state index in [9.17, 15) is 40.3 Å². The molecule has 2 aromatic carbocycles. The largest absolute Gasteiger partial charge is 0.393 e. The second kappa shape index (κ2) is 8.89. The average Bonchev–Trinajstić information content (AvgIpc) is 2.70. The maximum atomic E-state index is 14.3. The lowest BCUT2D eigenvalue weighted by Gasteiger charge is -2.28. The molecule has 0 atom stereocenters. The Balaban J connectivity index is 1.89. The number of anilines is 1. The Morgan fingerprint density at radius 2 is 1.71 bits per heavy atom. The number of aliphatic hydroxyl groups excluding tert-OH is 1. The van der Waals surface area contributed by atoms with E-state index in [0.29, 0.717) is 12.1 Å². The van der Waals surface area contributed by atoms with Crippen molar-refractivity contribution < 1.29 is 40.3 Å².